The van der Waals surface area contributed by atoms with Crippen LogP contribution in [0.5, 0.6) is 0 Å². The Labute approximate surface area is 204 Å². The van der Waals surface area contributed by atoms with Gasteiger partial charge in [0.15, 0.2) is 11.0 Å². The molecule has 2 heterocycles. The molecule has 0 fully saturated rings. The lowest BCUT2D eigenvalue weighted by Gasteiger charge is -2.19. The van der Waals surface area contributed by atoms with Gasteiger partial charge in [-0.1, -0.05) is 74.1 Å². The maximum absolute atomic E-state index is 13.2. The van der Waals surface area contributed by atoms with Gasteiger partial charge in [0.05, 0.1) is 11.8 Å². The molecule has 1 atom stereocenters. The van der Waals surface area contributed by atoms with Crippen molar-refractivity contribution in [1.29, 1.82) is 0 Å². The highest BCUT2D eigenvalue weighted by Gasteiger charge is 2.22. The lowest BCUT2D eigenvalue weighted by Crippen LogP contribution is -2.24. The molecule has 1 N–H and O–H groups in total. The number of hydrogen-bond donors (Lipinski definition) is 1. The molecular formula is C27H29N5OS. The molecule has 6 nitrogen and oxygen atoms in total. The fourth-order valence-corrected chi connectivity index (χ4v) is 4.62. The van der Waals surface area contributed by atoms with Gasteiger partial charge in [-0.3, -0.25) is 14.3 Å². The van der Waals surface area contributed by atoms with E-state index in [1.807, 2.05) is 60.9 Å². The van der Waals surface area contributed by atoms with Crippen LogP contribution in [0.3, 0.4) is 0 Å². The topological polar surface area (TPSA) is 72.7 Å². The highest BCUT2D eigenvalue weighted by atomic mass is 32.2. The summed E-state index contributed by atoms with van der Waals surface area (Å²) < 4.78 is 2.05. The van der Waals surface area contributed by atoms with E-state index < -0.39 is 0 Å². The highest BCUT2D eigenvalue weighted by Crippen LogP contribution is 2.31. The molecule has 174 valence electrons. The Morgan fingerprint density at radius 2 is 1.79 bits per heavy atom. The maximum atomic E-state index is 13.2. The zero-order valence-corrected chi connectivity index (χ0v) is 20.7. The van der Waals surface area contributed by atoms with Crippen LogP contribution in [0.25, 0.3) is 11.4 Å². The van der Waals surface area contributed by atoms with Crippen LogP contribution < -0.4 is 5.32 Å². The van der Waals surface area contributed by atoms with Crippen LogP contribution in [0.2, 0.25) is 0 Å². The summed E-state index contributed by atoms with van der Waals surface area (Å²) in [5.74, 6) is 0.987. The number of benzene rings is 2. The highest BCUT2D eigenvalue weighted by molar-refractivity contribution is 8.00. The van der Waals surface area contributed by atoms with E-state index in [4.69, 9.17) is 0 Å². The van der Waals surface area contributed by atoms with Crippen molar-refractivity contribution in [3.63, 3.8) is 0 Å². The Hall–Kier alpha value is -3.45. The summed E-state index contributed by atoms with van der Waals surface area (Å²) in [7, 11) is 0. The number of rotatable bonds is 8. The molecule has 2 aromatic carbocycles. The van der Waals surface area contributed by atoms with Gasteiger partial charge >= 0.3 is 0 Å². The largest absolute Gasteiger partial charge is 0.325 e. The van der Waals surface area contributed by atoms with Crippen molar-refractivity contribution in [3.8, 4) is 11.4 Å². The zero-order chi connectivity index (χ0) is 24.1. The molecule has 7 heteroatoms. The third-order valence-electron chi connectivity index (χ3n) is 5.65. The molecule has 1 unspecified atom stereocenters. The Balaban J connectivity index is 1.60. The molecule has 0 spiro atoms. The standard InChI is InChI=1S/C27H29N5OS/c1-18(2)23-14-8-10-19(3)24(23)29-26(33)20(4)34-27-31-30-25(22-13-9-15-28-16-22)32(27)17-21-11-6-5-7-12-21/h5-16,18,20H,17H2,1-4H3,(H,29,33). The Kier molecular flexibility index (Phi) is 7.43. The second-order valence-electron chi connectivity index (χ2n) is 8.56. The molecule has 34 heavy (non-hydrogen) atoms. The first kappa shape index (κ1) is 23.7. The fourth-order valence-electron chi connectivity index (χ4n) is 3.77. The molecule has 2 aromatic heterocycles. The van der Waals surface area contributed by atoms with Crippen LogP contribution in [0, 0.1) is 6.92 Å². The number of carbonyl (C=O) groups is 1. The van der Waals surface area contributed by atoms with E-state index in [0.29, 0.717) is 17.6 Å². The van der Waals surface area contributed by atoms with Gasteiger partial charge in [-0.05, 0) is 48.6 Å². The molecular weight excluding hydrogens is 442 g/mol. The number of carbonyl (C=O) groups excluding carboxylic acids is 1. The summed E-state index contributed by atoms with van der Waals surface area (Å²) in [5, 5.41) is 12.4. The van der Waals surface area contributed by atoms with Crippen molar-refractivity contribution in [2.45, 2.75) is 50.6 Å². The van der Waals surface area contributed by atoms with Gasteiger partial charge in [-0.25, -0.2) is 0 Å². The van der Waals surface area contributed by atoms with Crippen LogP contribution in [0.4, 0.5) is 5.69 Å². The minimum absolute atomic E-state index is 0.0570. The first-order valence-corrected chi connectivity index (χ1v) is 12.3. The van der Waals surface area contributed by atoms with Crippen molar-refractivity contribution in [2.75, 3.05) is 5.32 Å². The van der Waals surface area contributed by atoms with Gasteiger partial charge in [-0.15, -0.1) is 10.2 Å². The fraction of sp³-hybridized carbons (Fsp3) is 0.259. The third-order valence-corrected chi connectivity index (χ3v) is 6.73. The zero-order valence-electron chi connectivity index (χ0n) is 19.9. The maximum Gasteiger partial charge on any atom is 0.237 e. The van der Waals surface area contributed by atoms with Gasteiger partial charge in [0.2, 0.25) is 5.91 Å². The van der Waals surface area contributed by atoms with Crippen LogP contribution in [0.15, 0.2) is 78.2 Å². The molecule has 4 rings (SSSR count). The number of para-hydroxylation sites is 1. The monoisotopic (exact) mass is 471 g/mol. The van der Waals surface area contributed by atoms with E-state index >= 15 is 0 Å². The number of hydrogen-bond acceptors (Lipinski definition) is 5. The van der Waals surface area contributed by atoms with Gasteiger partial charge < -0.3 is 5.32 Å². The van der Waals surface area contributed by atoms with Gasteiger partial charge in [0.25, 0.3) is 0 Å². The molecule has 0 radical (unpaired) electrons. The third kappa shape index (κ3) is 5.37. The van der Waals surface area contributed by atoms with E-state index in [1.54, 1.807) is 12.4 Å². The van der Waals surface area contributed by atoms with E-state index in [-0.39, 0.29) is 11.2 Å². The number of aryl methyl sites for hydroxylation is 1. The lowest BCUT2D eigenvalue weighted by molar-refractivity contribution is -0.115. The first-order valence-electron chi connectivity index (χ1n) is 11.4. The lowest BCUT2D eigenvalue weighted by atomic mass is 9.98. The number of pyridine rings is 1. The van der Waals surface area contributed by atoms with E-state index in [2.05, 4.69) is 52.5 Å². The quantitative estimate of drug-likeness (QED) is 0.322. The summed E-state index contributed by atoms with van der Waals surface area (Å²) in [6.45, 7) is 8.79. The van der Waals surface area contributed by atoms with Crippen LogP contribution in [0.1, 0.15) is 43.4 Å². The van der Waals surface area contributed by atoms with Crippen molar-refractivity contribution in [2.24, 2.45) is 0 Å². The molecule has 1 amide bonds. The number of amides is 1. The molecule has 0 saturated carbocycles. The molecule has 0 aliphatic carbocycles. The second-order valence-corrected chi connectivity index (χ2v) is 9.87. The Bertz CT molecular complexity index is 1250. The van der Waals surface area contributed by atoms with Gasteiger partial charge in [0.1, 0.15) is 0 Å². The minimum atomic E-state index is -0.361. The van der Waals surface area contributed by atoms with Crippen molar-refractivity contribution in [3.05, 3.63) is 89.7 Å². The minimum Gasteiger partial charge on any atom is -0.325 e. The van der Waals surface area contributed by atoms with Crippen molar-refractivity contribution < 1.29 is 4.79 Å². The smallest absolute Gasteiger partial charge is 0.237 e. The van der Waals surface area contributed by atoms with Crippen LogP contribution >= 0.6 is 11.8 Å². The predicted octanol–water partition coefficient (Wildman–Crippen LogP) is 5.94. The molecule has 0 aliphatic heterocycles. The second kappa shape index (κ2) is 10.7. The number of aromatic nitrogens is 4. The summed E-state index contributed by atoms with van der Waals surface area (Å²) in [5.41, 5.74) is 5.11. The Morgan fingerprint density at radius 1 is 1.00 bits per heavy atom. The van der Waals surface area contributed by atoms with Gasteiger partial charge in [-0.2, -0.15) is 0 Å². The molecule has 4 aromatic rings. The molecule has 0 saturated heterocycles. The van der Waals surface area contributed by atoms with Gasteiger partial charge in [0, 0.05) is 23.6 Å². The van der Waals surface area contributed by atoms with Crippen LogP contribution in [-0.4, -0.2) is 30.9 Å². The first-order chi connectivity index (χ1) is 16.4. The average Bonchev–Trinajstić information content (AvgIpc) is 3.23. The summed E-state index contributed by atoms with van der Waals surface area (Å²) in [6, 6.07) is 20.1. The number of nitrogens with zero attached hydrogens (tertiary/aromatic N) is 4. The summed E-state index contributed by atoms with van der Waals surface area (Å²) in [4.78, 5) is 17.4. The Morgan fingerprint density at radius 3 is 2.50 bits per heavy atom. The van der Waals surface area contributed by atoms with E-state index in [1.165, 1.54) is 11.8 Å². The summed E-state index contributed by atoms with van der Waals surface area (Å²) >= 11 is 1.41. The number of anilines is 1. The molecule has 0 bridgehead atoms. The predicted molar refractivity (Wildman–Crippen MR) is 138 cm³/mol. The van der Waals surface area contributed by atoms with E-state index in [9.17, 15) is 4.79 Å². The van der Waals surface area contributed by atoms with Crippen molar-refractivity contribution >= 4 is 23.4 Å². The summed E-state index contributed by atoms with van der Waals surface area (Å²) in [6.07, 6.45) is 3.52. The number of nitrogens with one attached hydrogen (secondary N) is 1. The normalized spacial score (nSPS) is 12.0. The molecule has 0 aliphatic rings. The average molecular weight is 472 g/mol. The SMILES string of the molecule is Cc1cccc(C(C)C)c1NC(=O)C(C)Sc1nnc(-c2cccnc2)n1Cc1ccccc1. The van der Waals surface area contributed by atoms with E-state index in [0.717, 1.165) is 33.8 Å². The number of thioether (sulfide) groups is 1. The van der Waals surface area contributed by atoms with Crippen LogP contribution in [-0.2, 0) is 11.3 Å². The van der Waals surface area contributed by atoms with Crippen molar-refractivity contribution in [1.82, 2.24) is 19.7 Å².